The van der Waals surface area contributed by atoms with E-state index in [1.165, 1.54) is 17.7 Å². The third-order valence-corrected chi connectivity index (χ3v) is 6.07. The van der Waals surface area contributed by atoms with Crippen LogP contribution in [0.4, 0.5) is 0 Å². The SMILES string of the molecule is CC(=O)OC1C(n2cc(C)c(=O)[nH]c2=O)OC(C)(COCc2ccccc2)C1OCc1ccccc1. The van der Waals surface area contributed by atoms with Crippen LogP contribution in [0.1, 0.15) is 36.8 Å². The van der Waals surface area contributed by atoms with E-state index in [1.807, 2.05) is 60.7 Å². The fourth-order valence-corrected chi connectivity index (χ4v) is 4.30. The number of nitrogens with one attached hydrogen (secondary N) is 1. The minimum Gasteiger partial charge on any atom is -0.455 e. The van der Waals surface area contributed by atoms with Crippen LogP contribution in [0, 0.1) is 6.92 Å². The smallest absolute Gasteiger partial charge is 0.330 e. The number of esters is 1. The van der Waals surface area contributed by atoms with Crippen molar-refractivity contribution in [3.05, 3.63) is 104 Å². The molecule has 2 aromatic carbocycles. The molecule has 0 aliphatic carbocycles. The van der Waals surface area contributed by atoms with E-state index in [0.29, 0.717) is 12.2 Å². The molecule has 0 amide bonds. The summed E-state index contributed by atoms with van der Waals surface area (Å²) in [5.41, 5.74) is -0.0326. The van der Waals surface area contributed by atoms with Crippen LogP contribution >= 0.6 is 0 Å². The van der Waals surface area contributed by atoms with E-state index in [1.54, 1.807) is 13.8 Å². The largest absolute Gasteiger partial charge is 0.455 e. The van der Waals surface area contributed by atoms with Crippen LogP contribution in [0.25, 0.3) is 0 Å². The first-order chi connectivity index (χ1) is 17.3. The maximum atomic E-state index is 12.7. The van der Waals surface area contributed by atoms with Gasteiger partial charge in [0.05, 0.1) is 19.8 Å². The normalized spacial score (nSPS) is 23.5. The standard InChI is InChI=1S/C27H30N2O7/c1-18-14-29(26(32)28-24(18)31)25-22(35-19(2)30)23(34-16-21-12-8-5-9-13-21)27(3,36-25)17-33-15-20-10-6-4-7-11-20/h4-14,22-23,25H,15-17H2,1-3H3,(H,28,31,32). The van der Waals surface area contributed by atoms with Crippen LogP contribution in [0.2, 0.25) is 0 Å². The van der Waals surface area contributed by atoms with Gasteiger partial charge in [-0.05, 0) is 25.0 Å². The first-order valence-electron chi connectivity index (χ1n) is 11.7. The molecule has 2 heterocycles. The van der Waals surface area contributed by atoms with Crippen LogP contribution in [-0.2, 0) is 37.0 Å². The Bertz CT molecular complexity index is 1290. The number of hydrogen-bond donors (Lipinski definition) is 1. The van der Waals surface area contributed by atoms with Gasteiger partial charge in [0, 0.05) is 18.7 Å². The minimum absolute atomic E-state index is 0.104. The predicted molar refractivity (Wildman–Crippen MR) is 131 cm³/mol. The highest BCUT2D eigenvalue weighted by atomic mass is 16.6. The minimum atomic E-state index is -1.09. The van der Waals surface area contributed by atoms with Crippen LogP contribution in [0.15, 0.2) is 76.4 Å². The summed E-state index contributed by atoms with van der Waals surface area (Å²) in [6, 6.07) is 19.2. The Labute approximate surface area is 208 Å². The molecule has 1 aliphatic heterocycles. The highest BCUT2D eigenvalue weighted by Gasteiger charge is 2.56. The molecule has 0 saturated carbocycles. The summed E-state index contributed by atoms with van der Waals surface area (Å²) in [5.74, 6) is -0.550. The van der Waals surface area contributed by atoms with Crippen molar-refractivity contribution in [2.75, 3.05) is 6.61 Å². The van der Waals surface area contributed by atoms with Crippen molar-refractivity contribution in [3.63, 3.8) is 0 Å². The lowest BCUT2D eigenvalue weighted by molar-refractivity contribution is -0.159. The topological polar surface area (TPSA) is 109 Å². The van der Waals surface area contributed by atoms with Gasteiger partial charge in [-0.3, -0.25) is 19.1 Å². The third kappa shape index (κ3) is 5.81. The van der Waals surface area contributed by atoms with Gasteiger partial charge in [0.1, 0.15) is 11.7 Å². The van der Waals surface area contributed by atoms with E-state index in [-0.39, 0.29) is 13.2 Å². The van der Waals surface area contributed by atoms with E-state index in [2.05, 4.69) is 4.98 Å². The summed E-state index contributed by atoms with van der Waals surface area (Å²) < 4.78 is 25.6. The number of hydrogen-bond acceptors (Lipinski definition) is 7. The zero-order valence-electron chi connectivity index (χ0n) is 20.5. The van der Waals surface area contributed by atoms with Gasteiger partial charge in [-0.15, -0.1) is 0 Å². The number of carbonyl (C=O) groups is 1. The number of rotatable bonds is 9. The quantitative estimate of drug-likeness (QED) is 0.456. The van der Waals surface area contributed by atoms with Crippen molar-refractivity contribution in [1.29, 1.82) is 0 Å². The van der Waals surface area contributed by atoms with Crippen LogP contribution < -0.4 is 11.2 Å². The molecule has 3 aromatic rings. The number of aromatic nitrogens is 2. The van der Waals surface area contributed by atoms with Gasteiger partial charge in [-0.2, -0.15) is 0 Å². The van der Waals surface area contributed by atoms with Gasteiger partial charge < -0.3 is 18.9 Å². The van der Waals surface area contributed by atoms with Crippen LogP contribution in [-0.4, -0.2) is 39.9 Å². The Kier molecular flexibility index (Phi) is 7.83. The molecule has 4 atom stereocenters. The Morgan fingerprint density at radius 1 is 1.03 bits per heavy atom. The van der Waals surface area contributed by atoms with Crippen LogP contribution in [0.5, 0.6) is 0 Å². The van der Waals surface area contributed by atoms with Crippen molar-refractivity contribution >= 4 is 5.97 Å². The summed E-state index contributed by atoms with van der Waals surface area (Å²) in [4.78, 5) is 39.1. The molecule has 1 saturated heterocycles. The second kappa shape index (κ2) is 11.0. The van der Waals surface area contributed by atoms with Crippen molar-refractivity contribution in [3.8, 4) is 0 Å². The maximum absolute atomic E-state index is 12.7. The molecule has 9 heteroatoms. The molecule has 1 aliphatic rings. The lowest BCUT2D eigenvalue weighted by Crippen LogP contribution is -2.47. The molecule has 36 heavy (non-hydrogen) atoms. The van der Waals surface area contributed by atoms with Crippen LogP contribution in [0.3, 0.4) is 0 Å². The molecular weight excluding hydrogens is 464 g/mol. The van der Waals surface area contributed by atoms with Gasteiger partial charge in [-0.1, -0.05) is 60.7 Å². The van der Waals surface area contributed by atoms with Crippen molar-refractivity contribution in [1.82, 2.24) is 9.55 Å². The monoisotopic (exact) mass is 494 g/mol. The first-order valence-corrected chi connectivity index (χ1v) is 11.7. The number of aryl methyl sites for hydroxylation is 1. The summed E-state index contributed by atoms with van der Waals surface area (Å²) in [6.07, 6.45) is -1.39. The summed E-state index contributed by atoms with van der Waals surface area (Å²) >= 11 is 0. The number of benzene rings is 2. The summed E-state index contributed by atoms with van der Waals surface area (Å²) in [6.45, 7) is 5.34. The molecule has 1 fully saturated rings. The molecule has 0 bridgehead atoms. The van der Waals surface area contributed by atoms with Gasteiger partial charge in [0.25, 0.3) is 5.56 Å². The predicted octanol–water partition coefficient (Wildman–Crippen LogP) is 2.87. The van der Waals surface area contributed by atoms with Crippen molar-refractivity contribution in [2.24, 2.45) is 0 Å². The molecule has 4 unspecified atom stereocenters. The average molecular weight is 495 g/mol. The molecule has 0 radical (unpaired) electrons. The molecule has 4 rings (SSSR count). The van der Waals surface area contributed by atoms with Gasteiger partial charge >= 0.3 is 11.7 Å². The van der Waals surface area contributed by atoms with Crippen molar-refractivity contribution < 1.29 is 23.7 Å². The van der Waals surface area contributed by atoms with Gasteiger partial charge in [0.2, 0.25) is 0 Å². The Hall–Kier alpha value is -3.53. The second-order valence-electron chi connectivity index (χ2n) is 9.07. The lowest BCUT2D eigenvalue weighted by atomic mass is 9.97. The summed E-state index contributed by atoms with van der Waals surface area (Å²) in [5, 5.41) is 0. The zero-order valence-corrected chi connectivity index (χ0v) is 20.5. The first kappa shape index (κ1) is 25.6. The molecule has 1 aromatic heterocycles. The van der Waals surface area contributed by atoms with E-state index < -0.39 is 41.3 Å². The average Bonchev–Trinajstić information content (AvgIpc) is 3.12. The molecule has 190 valence electrons. The number of ether oxygens (including phenoxy) is 4. The number of H-pyrrole nitrogens is 1. The second-order valence-corrected chi connectivity index (χ2v) is 9.07. The highest BCUT2D eigenvalue weighted by Crippen LogP contribution is 2.41. The van der Waals surface area contributed by atoms with E-state index in [9.17, 15) is 14.4 Å². The third-order valence-electron chi connectivity index (χ3n) is 6.07. The molecule has 1 N–H and O–H groups in total. The summed E-state index contributed by atoms with van der Waals surface area (Å²) in [7, 11) is 0. The molecule has 9 nitrogen and oxygen atoms in total. The number of carbonyl (C=O) groups excluding carboxylic acids is 1. The van der Waals surface area contributed by atoms with Gasteiger partial charge in [0.15, 0.2) is 12.3 Å². The maximum Gasteiger partial charge on any atom is 0.330 e. The van der Waals surface area contributed by atoms with E-state index in [4.69, 9.17) is 18.9 Å². The van der Waals surface area contributed by atoms with Crippen molar-refractivity contribution in [2.45, 2.75) is 58.0 Å². The lowest BCUT2D eigenvalue weighted by Gasteiger charge is -2.31. The number of aromatic amines is 1. The zero-order chi connectivity index (χ0) is 25.7. The van der Waals surface area contributed by atoms with E-state index in [0.717, 1.165) is 11.1 Å². The molecule has 0 spiro atoms. The molecular formula is C27H30N2O7. The fraction of sp³-hybridized carbons (Fsp3) is 0.370. The van der Waals surface area contributed by atoms with Gasteiger partial charge in [-0.25, -0.2) is 4.79 Å². The van der Waals surface area contributed by atoms with E-state index >= 15 is 0 Å². The Morgan fingerprint density at radius 3 is 2.25 bits per heavy atom. The number of nitrogens with zero attached hydrogens (tertiary/aromatic N) is 1. The Balaban J connectivity index is 1.66. The Morgan fingerprint density at radius 2 is 1.64 bits per heavy atom. The fourth-order valence-electron chi connectivity index (χ4n) is 4.30. The highest BCUT2D eigenvalue weighted by molar-refractivity contribution is 5.66.